The van der Waals surface area contributed by atoms with Crippen LogP contribution in [0.3, 0.4) is 0 Å². The fourth-order valence-electron chi connectivity index (χ4n) is 1.56. The minimum Gasteiger partial charge on any atom is -0.497 e. The second kappa shape index (κ2) is 7.74. The maximum atomic E-state index is 5.75. The van der Waals surface area contributed by atoms with Crippen molar-refractivity contribution in [3.8, 4) is 11.5 Å². The maximum Gasteiger partial charge on any atom is 0.124 e. The summed E-state index contributed by atoms with van der Waals surface area (Å²) in [5.41, 5.74) is 1.12. The lowest BCUT2D eigenvalue weighted by Gasteiger charge is -2.12. The number of allylic oxidation sites excluding steroid dienone is 1. The van der Waals surface area contributed by atoms with Crippen LogP contribution in [0.25, 0.3) is 0 Å². The van der Waals surface area contributed by atoms with Crippen molar-refractivity contribution in [3.05, 3.63) is 36.4 Å². The van der Waals surface area contributed by atoms with Crippen LogP contribution in [0.2, 0.25) is 0 Å². The van der Waals surface area contributed by atoms with Gasteiger partial charge in [-0.1, -0.05) is 6.08 Å². The van der Waals surface area contributed by atoms with E-state index in [4.69, 9.17) is 9.47 Å². The van der Waals surface area contributed by atoms with E-state index in [0.29, 0.717) is 0 Å². The van der Waals surface area contributed by atoms with Crippen LogP contribution in [-0.4, -0.2) is 20.8 Å². The molecule has 3 nitrogen and oxygen atoms in total. The Kier molecular flexibility index (Phi) is 6.18. The topological polar surface area (TPSA) is 30.5 Å². The summed E-state index contributed by atoms with van der Waals surface area (Å²) in [5.74, 6) is 1.78. The van der Waals surface area contributed by atoms with Crippen LogP contribution in [0, 0.1) is 0 Å². The van der Waals surface area contributed by atoms with Crippen LogP contribution in [0.1, 0.15) is 18.4 Å². The number of rotatable bonds is 8. The Hall–Kier alpha value is -1.48. The molecule has 3 heteroatoms. The predicted octanol–water partition coefficient (Wildman–Crippen LogP) is 2.76. The maximum absolute atomic E-state index is 5.75. The first kappa shape index (κ1) is 13.6. The molecule has 0 fully saturated rings. The fraction of sp³-hybridized carbons (Fsp3) is 0.429. The Labute approximate surface area is 103 Å². The molecule has 0 spiro atoms. The van der Waals surface area contributed by atoms with E-state index in [9.17, 15) is 0 Å². The van der Waals surface area contributed by atoms with E-state index in [1.54, 1.807) is 7.11 Å². The van der Waals surface area contributed by atoms with Crippen molar-refractivity contribution in [2.75, 3.05) is 20.8 Å². The molecule has 94 valence electrons. The van der Waals surface area contributed by atoms with Gasteiger partial charge in [0.2, 0.25) is 0 Å². The van der Waals surface area contributed by atoms with E-state index in [-0.39, 0.29) is 0 Å². The zero-order valence-corrected chi connectivity index (χ0v) is 10.7. The minimum atomic E-state index is 0.717. The molecule has 1 N–H and O–H groups in total. The van der Waals surface area contributed by atoms with Gasteiger partial charge in [-0.05, 0) is 38.1 Å². The van der Waals surface area contributed by atoms with Gasteiger partial charge in [-0.3, -0.25) is 0 Å². The Balaban J connectivity index is 2.65. The molecule has 0 saturated heterocycles. The molecule has 0 aliphatic carbocycles. The molecule has 0 unspecified atom stereocenters. The lowest BCUT2D eigenvalue weighted by atomic mass is 10.2. The van der Waals surface area contributed by atoms with Gasteiger partial charge in [-0.2, -0.15) is 0 Å². The quantitative estimate of drug-likeness (QED) is 0.555. The molecule has 1 aromatic carbocycles. The molecular formula is C14H21NO2. The summed E-state index contributed by atoms with van der Waals surface area (Å²) in [4.78, 5) is 0. The van der Waals surface area contributed by atoms with Crippen LogP contribution in [0.15, 0.2) is 30.9 Å². The molecule has 0 bridgehead atoms. The zero-order valence-electron chi connectivity index (χ0n) is 10.7. The van der Waals surface area contributed by atoms with Crippen LogP contribution < -0.4 is 14.8 Å². The molecule has 0 atom stereocenters. The SMILES string of the molecule is C=CCCCOc1ccc(OC)cc1CNC. The van der Waals surface area contributed by atoms with Crippen LogP contribution in [-0.2, 0) is 6.54 Å². The van der Waals surface area contributed by atoms with Gasteiger partial charge >= 0.3 is 0 Å². The van der Waals surface area contributed by atoms with Crippen molar-refractivity contribution in [2.24, 2.45) is 0 Å². The van der Waals surface area contributed by atoms with E-state index >= 15 is 0 Å². The molecule has 0 amide bonds. The average Bonchev–Trinajstić information content (AvgIpc) is 2.36. The monoisotopic (exact) mass is 235 g/mol. The number of unbranched alkanes of at least 4 members (excludes halogenated alkanes) is 1. The highest BCUT2D eigenvalue weighted by Gasteiger charge is 2.04. The molecule has 0 aliphatic heterocycles. The van der Waals surface area contributed by atoms with Crippen molar-refractivity contribution in [1.82, 2.24) is 5.32 Å². The zero-order chi connectivity index (χ0) is 12.5. The number of ether oxygens (including phenoxy) is 2. The minimum absolute atomic E-state index is 0.717. The van der Waals surface area contributed by atoms with Crippen LogP contribution >= 0.6 is 0 Å². The Bertz CT molecular complexity index is 350. The lowest BCUT2D eigenvalue weighted by Crippen LogP contribution is -2.08. The number of hydrogen-bond donors (Lipinski definition) is 1. The number of hydrogen-bond acceptors (Lipinski definition) is 3. The van der Waals surface area contributed by atoms with E-state index in [1.807, 2.05) is 31.3 Å². The second-order valence-electron chi connectivity index (χ2n) is 3.78. The molecule has 0 radical (unpaired) electrons. The van der Waals surface area contributed by atoms with Gasteiger partial charge < -0.3 is 14.8 Å². The molecule has 17 heavy (non-hydrogen) atoms. The van der Waals surface area contributed by atoms with Gasteiger partial charge in [0.1, 0.15) is 11.5 Å². The van der Waals surface area contributed by atoms with E-state index in [1.165, 1.54) is 0 Å². The van der Waals surface area contributed by atoms with Crippen molar-refractivity contribution in [1.29, 1.82) is 0 Å². The first-order valence-electron chi connectivity index (χ1n) is 5.87. The Morgan fingerprint density at radius 2 is 2.24 bits per heavy atom. The van der Waals surface area contributed by atoms with Gasteiger partial charge in [0.25, 0.3) is 0 Å². The third kappa shape index (κ3) is 4.49. The fourth-order valence-corrected chi connectivity index (χ4v) is 1.56. The van der Waals surface area contributed by atoms with Crippen LogP contribution in [0.5, 0.6) is 11.5 Å². The summed E-state index contributed by atoms with van der Waals surface area (Å²) < 4.78 is 11.0. The van der Waals surface area contributed by atoms with E-state index in [0.717, 1.165) is 43.1 Å². The summed E-state index contributed by atoms with van der Waals surface area (Å²) in [7, 11) is 3.59. The molecule has 0 aliphatic rings. The van der Waals surface area contributed by atoms with Gasteiger partial charge in [0.05, 0.1) is 13.7 Å². The smallest absolute Gasteiger partial charge is 0.124 e. The largest absolute Gasteiger partial charge is 0.497 e. The predicted molar refractivity (Wildman–Crippen MR) is 70.7 cm³/mol. The Morgan fingerprint density at radius 3 is 2.88 bits per heavy atom. The van der Waals surface area contributed by atoms with Crippen LogP contribution in [0.4, 0.5) is 0 Å². The number of methoxy groups -OCH3 is 1. The summed E-state index contributed by atoms with van der Waals surface area (Å²) >= 11 is 0. The first-order valence-corrected chi connectivity index (χ1v) is 5.87. The highest BCUT2D eigenvalue weighted by molar-refractivity contribution is 5.40. The van der Waals surface area contributed by atoms with Gasteiger partial charge in [-0.25, -0.2) is 0 Å². The van der Waals surface area contributed by atoms with Gasteiger partial charge in [0, 0.05) is 12.1 Å². The molecule has 0 saturated carbocycles. The van der Waals surface area contributed by atoms with Crippen molar-refractivity contribution < 1.29 is 9.47 Å². The molecule has 0 heterocycles. The molecule has 0 aromatic heterocycles. The lowest BCUT2D eigenvalue weighted by molar-refractivity contribution is 0.307. The molecular weight excluding hydrogens is 214 g/mol. The number of benzene rings is 1. The third-order valence-electron chi connectivity index (χ3n) is 2.45. The molecule has 1 rings (SSSR count). The highest BCUT2D eigenvalue weighted by atomic mass is 16.5. The second-order valence-corrected chi connectivity index (χ2v) is 3.78. The Morgan fingerprint density at radius 1 is 1.41 bits per heavy atom. The van der Waals surface area contributed by atoms with E-state index in [2.05, 4.69) is 11.9 Å². The summed E-state index contributed by atoms with van der Waals surface area (Å²) in [6.45, 7) is 5.18. The number of nitrogens with one attached hydrogen (secondary N) is 1. The average molecular weight is 235 g/mol. The normalized spacial score (nSPS) is 10.0. The highest BCUT2D eigenvalue weighted by Crippen LogP contribution is 2.24. The van der Waals surface area contributed by atoms with Gasteiger partial charge in [0.15, 0.2) is 0 Å². The van der Waals surface area contributed by atoms with Gasteiger partial charge in [-0.15, -0.1) is 6.58 Å². The van der Waals surface area contributed by atoms with E-state index < -0.39 is 0 Å². The summed E-state index contributed by atoms with van der Waals surface area (Å²) in [5, 5.41) is 3.13. The molecule has 1 aromatic rings. The summed E-state index contributed by atoms with van der Waals surface area (Å²) in [6.07, 6.45) is 3.89. The summed E-state index contributed by atoms with van der Waals surface area (Å²) in [6, 6.07) is 5.88. The first-order chi connectivity index (χ1) is 8.31. The standard InChI is InChI=1S/C14H21NO2/c1-4-5-6-9-17-14-8-7-13(16-3)10-12(14)11-15-2/h4,7-8,10,15H,1,5-6,9,11H2,2-3H3. The van der Waals surface area contributed by atoms with Crippen molar-refractivity contribution >= 4 is 0 Å². The van der Waals surface area contributed by atoms with Crippen molar-refractivity contribution in [2.45, 2.75) is 19.4 Å². The third-order valence-corrected chi connectivity index (χ3v) is 2.45. The van der Waals surface area contributed by atoms with Crippen molar-refractivity contribution in [3.63, 3.8) is 0 Å².